The van der Waals surface area contributed by atoms with Crippen LogP contribution in [0, 0.1) is 6.92 Å². The molecule has 0 aromatic heterocycles. The number of rotatable bonds is 8. The van der Waals surface area contributed by atoms with Gasteiger partial charge in [0, 0.05) is 0 Å². The van der Waals surface area contributed by atoms with E-state index in [9.17, 15) is 4.79 Å². The molecule has 1 saturated heterocycles. The minimum absolute atomic E-state index is 0.0819. The smallest absolute Gasteiger partial charge is 0.242 e. The van der Waals surface area contributed by atoms with E-state index in [1.54, 1.807) is 18.2 Å². The van der Waals surface area contributed by atoms with Crippen molar-refractivity contribution in [1.29, 1.82) is 0 Å². The van der Waals surface area contributed by atoms with Crippen molar-refractivity contribution < 1.29 is 9.53 Å². The van der Waals surface area contributed by atoms with E-state index in [-0.39, 0.29) is 11.2 Å². The van der Waals surface area contributed by atoms with Gasteiger partial charge < -0.3 is 4.74 Å². The Kier molecular flexibility index (Phi) is 7.47. The van der Waals surface area contributed by atoms with E-state index in [0.717, 1.165) is 36.1 Å². The highest BCUT2D eigenvalue weighted by atomic mass is 32.2. The Morgan fingerprint density at radius 2 is 1.86 bits per heavy atom. The number of unbranched alkanes of at least 4 members (excludes halogenated alkanes) is 1. The Labute approximate surface area is 176 Å². The molecule has 1 amide bonds. The SMILES string of the molecule is CCCCC1SC(=NN=Cc2ccc(C)cc2)N(Cc2ccc(OC)cc2)C1=O. The number of hydrogen-bond acceptors (Lipinski definition) is 5. The predicted molar refractivity (Wildman–Crippen MR) is 121 cm³/mol. The van der Waals surface area contributed by atoms with Gasteiger partial charge in [0.05, 0.1) is 25.1 Å². The van der Waals surface area contributed by atoms with E-state index in [1.165, 1.54) is 17.3 Å². The van der Waals surface area contributed by atoms with Crippen LogP contribution in [-0.2, 0) is 11.3 Å². The maximum Gasteiger partial charge on any atom is 0.242 e. The fourth-order valence-electron chi connectivity index (χ4n) is 3.02. The van der Waals surface area contributed by atoms with E-state index in [4.69, 9.17) is 4.74 Å². The quantitative estimate of drug-likeness (QED) is 0.454. The average Bonchev–Trinajstić information content (AvgIpc) is 3.03. The molecule has 3 rings (SSSR count). The molecule has 5 nitrogen and oxygen atoms in total. The fraction of sp³-hybridized carbons (Fsp3) is 0.348. The van der Waals surface area contributed by atoms with Gasteiger partial charge in [-0.25, -0.2) is 0 Å². The Balaban J connectivity index is 1.78. The molecule has 6 heteroatoms. The Morgan fingerprint density at radius 3 is 2.52 bits per heavy atom. The molecule has 1 aliphatic heterocycles. The summed E-state index contributed by atoms with van der Waals surface area (Å²) >= 11 is 1.52. The lowest BCUT2D eigenvalue weighted by Gasteiger charge is -2.16. The summed E-state index contributed by atoms with van der Waals surface area (Å²) in [6.45, 7) is 4.67. The summed E-state index contributed by atoms with van der Waals surface area (Å²) in [4.78, 5) is 14.7. The minimum Gasteiger partial charge on any atom is -0.497 e. The normalized spacial score (nSPS) is 18.2. The molecule has 1 heterocycles. The van der Waals surface area contributed by atoms with Gasteiger partial charge in [0.2, 0.25) is 5.91 Å². The van der Waals surface area contributed by atoms with Crippen molar-refractivity contribution in [2.75, 3.05) is 7.11 Å². The molecule has 1 unspecified atom stereocenters. The van der Waals surface area contributed by atoms with Gasteiger partial charge in [0.25, 0.3) is 0 Å². The summed E-state index contributed by atoms with van der Waals surface area (Å²) in [5, 5.41) is 9.22. The highest BCUT2D eigenvalue weighted by molar-refractivity contribution is 8.15. The maximum atomic E-state index is 13.0. The standard InChI is InChI=1S/C23H27N3O2S/c1-4-5-6-21-22(27)26(16-19-11-13-20(28-3)14-12-19)23(29-21)25-24-15-18-9-7-17(2)8-10-18/h7-15,21H,4-6,16H2,1-3H3. The lowest BCUT2D eigenvalue weighted by molar-refractivity contribution is -0.126. The Bertz CT molecular complexity index is 876. The van der Waals surface area contributed by atoms with Gasteiger partial charge in [-0.05, 0) is 36.6 Å². The first-order valence-electron chi connectivity index (χ1n) is 9.89. The number of carbonyl (C=O) groups is 1. The van der Waals surface area contributed by atoms with Crippen molar-refractivity contribution in [1.82, 2.24) is 4.90 Å². The van der Waals surface area contributed by atoms with E-state index in [2.05, 4.69) is 24.1 Å². The second-order valence-electron chi connectivity index (χ2n) is 7.06. The first kappa shape index (κ1) is 21.1. The number of aryl methyl sites for hydroxylation is 1. The van der Waals surface area contributed by atoms with Crippen LogP contribution in [0.15, 0.2) is 58.7 Å². The second kappa shape index (κ2) is 10.3. The van der Waals surface area contributed by atoms with E-state index in [0.29, 0.717) is 11.7 Å². The monoisotopic (exact) mass is 409 g/mol. The Hall–Kier alpha value is -2.60. The number of methoxy groups -OCH3 is 1. The number of ether oxygens (including phenoxy) is 1. The summed E-state index contributed by atoms with van der Waals surface area (Å²) < 4.78 is 5.22. The number of benzene rings is 2. The van der Waals surface area contributed by atoms with Crippen molar-refractivity contribution in [3.8, 4) is 5.75 Å². The zero-order valence-corrected chi connectivity index (χ0v) is 18.0. The van der Waals surface area contributed by atoms with Crippen LogP contribution in [0.4, 0.5) is 0 Å². The molecule has 0 aliphatic carbocycles. The molecule has 2 aromatic rings. The van der Waals surface area contributed by atoms with Crippen LogP contribution in [0.1, 0.15) is 42.9 Å². The van der Waals surface area contributed by atoms with Crippen molar-refractivity contribution in [2.45, 2.75) is 44.9 Å². The van der Waals surface area contributed by atoms with Gasteiger partial charge in [0.15, 0.2) is 5.17 Å². The summed E-state index contributed by atoms with van der Waals surface area (Å²) in [5.74, 6) is 0.914. The Morgan fingerprint density at radius 1 is 1.14 bits per heavy atom. The number of nitrogens with zero attached hydrogens (tertiary/aromatic N) is 3. The van der Waals surface area contributed by atoms with Crippen molar-refractivity contribution in [3.05, 3.63) is 65.2 Å². The molecule has 2 aromatic carbocycles. The third-order valence-electron chi connectivity index (χ3n) is 4.77. The summed E-state index contributed by atoms with van der Waals surface area (Å²) in [7, 11) is 1.64. The van der Waals surface area contributed by atoms with Gasteiger partial charge in [0.1, 0.15) is 5.75 Å². The molecule has 1 fully saturated rings. The summed E-state index contributed by atoms with van der Waals surface area (Å²) in [5.41, 5.74) is 3.22. The van der Waals surface area contributed by atoms with Crippen molar-refractivity contribution >= 4 is 29.1 Å². The molecule has 152 valence electrons. The van der Waals surface area contributed by atoms with Crippen LogP contribution in [-0.4, -0.2) is 34.5 Å². The van der Waals surface area contributed by atoms with Gasteiger partial charge in [-0.2, -0.15) is 5.10 Å². The van der Waals surface area contributed by atoms with Crippen LogP contribution < -0.4 is 4.74 Å². The fourth-order valence-corrected chi connectivity index (χ4v) is 4.16. The van der Waals surface area contributed by atoms with Crippen LogP contribution in [0.2, 0.25) is 0 Å². The van der Waals surface area contributed by atoms with Crippen LogP contribution in [0.5, 0.6) is 5.75 Å². The lowest BCUT2D eigenvalue weighted by atomic mass is 10.1. The number of amides is 1. The van der Waals surface area contributed by atoms with E-state index >= 15 is 0 Å². The molecule has 0 N–H and O–H groups in total. The minimum atomic E-state index is -0.0819. The zero-order chi connectivity index (χ0) is 20.6. The summed E-state index contributed by atoms with van der Waals surface area (Å²) in [6, 6.07) is 15.9. The van der Waals surface area contributed by atoms with Crippen LogP contribution >= 0.6 is 11.8 Å². The topological polar surface area (TPSA) is 54.3 Å². The molecule has 0 bridgehead atoms. The zero-order valence-electron chi connectivity index (χ0n) is 17.2. The molecule has 0 radical (unpaired) electrons. The molecular weight excluding hydrogens is 382 g/mol. The van der Waals surface area contributed by atoms with Crippen LogP contribution in [0.3, 0.4) is 0 Å². The highest BCUT2D eigenvalue weighted by Crippen LogP contribution is 2.32. The third-order valence-corrected chi connectivity index (χ3v) is 6.00. The second-order valence-corrected chi connectivity index (χ2v) is 8.23. The largest absolute Gasteiger partial charge is 0.497 e. The molecular formula is C23H27N3O2S. The third kappa shape index (κ3) is 5.70. The van der Waals surface area contributed by atoms with Crippen LogP contribution in [0.25, 0.3) is 0 Å². The molecule has 1 aliphatic rings. The molecule has 29 heavy (non-hydrogen) atoms. The van der Waals surface area contributed by atoms with Gasteiger partial charge in [-0.3, -0.25) is 9.69 Å². The van der Waals surface area contributed by atoms with E-state index in [1.807, 2.05) is 48.5 Å². The maximum absolute atomic E-state index is 13.0. The number of amidine groups is 1. The van der Waals surface area contributed by atoms with Crippen molar-refractivity contribution in [3.63, 3.8) is 0 Å². The number of hydrogen-bond donors (Lipinski definition) is 0. The molecule has 0 spiro atoms. The van der Waals surface area contributed by atoms with Gasteiger partial charge in [-0.1, -0.05) is 73.5 Å². The lowest BCUT2D eigenvalue weighted by Crippen LogP contribution is -2.31. The number of carbonyl (C=O) groups excluding carboxylic acids is 1. The average molecular weight is 410 g/mol. The van der Waals surface area contributed by atoms with E-state index < -0.39 is 0 Å². The molecule has 1 atom stereocenters. The van der Waals surface area contributed by atoms with Gasteiger partial charge in [-0.15, -0.1) is 5.10 Å². The predicted octanol–water partition coefficient (Wildman–Crippen LogP) is 5.03. The van der Waals surface area contributed by atoms with Gasteiger partial charge >= 0.3 is 0 Å². The number of thioether (sulfide) groups is 1. The molecule has 0 saturated carbocycles. The first-order chi connectivity index (χ1) is 14.1. The highest BCUT2D eigenvalue weighted by Gasteiger charge is 2.37. The van der Waals surface area contributed by atoms with Crippen molar-refractivity contribution in [2.24, 2.45) is 10.2 Å². The first-order valence-corrected chi connectivity index (χ1v) is 10.8. The summed E-state index contributed by atoms with van der Waals surface area (Å²) in [6.07, 6.45) is 4.68.